The summed E-state index contributed by atoms with van der Waals surface area (Å²) in [6.07, 6.45) is 2.04. The molecule has 0 saturated carbocycles. The summed E-state index contributed by atoms with van der Waals surface area (Å²) >= 11 is 5.63. The van der Waals surface area contributed by atoms with Gasteiger partial charge in [-0.3, -0.25) is 4.79 Å². The number of ether oxygens (including phenoxy) is 2. The van der Waals surface area contributed by atoms with Gasteiger partial charge in [-0.05, 0) is 49.7 Å². The fourth-order valence-electron chi connectivity index (χ4n) is 2.20. The third-order valence-electron chi connectivity index (χ3n) is 3.62. The van der Waals surface area contributed by atoms with Gasteiger partial charge in [0.1, 0.15) is 11.5 Å². The summed E-state index contributed by atoms with van der Waals surface area (Å²) in [7, 11) is 0. The highest BCUT2D eigenvalue weighted by atomic mass is 35.5. The van der Waals surface area contributed by atoms with E-state index in [1.165, 1.54) is 0 Å². The van der Waals surface area contributed by atoms with Crippen molar-refractivity contribution in [1.82, 2.24) is 0 Å². The number of Topliss-reactive ketones (excluding diaryl/α,β-unsaturated/α-hetero) is 1. The van der Waals surface area contributed by atoms with Crippen molar-refractivity contribution >= 4 is 23.4 Å². The fraction of sp³-hybridized carbons (Fsp3) is 0.300. The molecule has 0 aliphatic carbocycles. The van der Waals surface area contributed by atoms with Crippen LogP contribution in [0.3, 0.4) is 0 Å². The third kappa shape index (κ3) is 5.33. The molecule has 5 heteroatoms. The predicted octanol–water partition coefficient (Wildman–Crippen LogP) is 4.81. The van der Waals surface area contributed by atoms with Crippen molar-refractivity contribution in [2.45, 2.75) is 26.7 Å². The molecule has 2 aromatic carbocycles. The highest BCUT2D eigenvalue weighted by Crippen LogP contribution is 2.23. The Balaban J connectivity index is 2.10. The molecule has 0 aliphatic rings. The molecule has 0 amide bonds. The van der Waals surface area contributed by atoms with Crippen LogP contribution >= 0.6 is 11.6 Å². The summed E-state index contributed by atoms with van der Waals surface area (Å²) in [6, 6.07) is 11.8. The lowest BCUT2D eigenvalue weighted by molar-refractivity contribution is 0.0733. The highest BCUT2D eigenvalue weighted by Gasteiger charge is 2.16. The molecule has 0 N–H and O–H groups in total. The van der Waals surface area contributed by atoms with E-state index in [1.807, 2.05) is 6.92 Å². The molecule has 2 aromatic rings. The van der Waals surface area contributed by atoms with Gasteiger partial charge in [0, 0.05) is 0 Å². The molecule has 132 valence electrons. The average molecular weight is 361 g/mol. The Morgan fingerprint density at radius 1 is 1.08 bits per heavy atom. The number of ketones is 1. The van der Waals surface area contributed by atoms with Gasteiger partial charge >= 0.3 is 5.97 Å². The summed E-state index contributed by atoms with van der Waals surface area (Å²) in [5.41, 5.74) is 1.58. The number of alkyl halides is 1. The van der Waals surface area contributed by atoms with Gasteiger partial charge < -0.3 is 9.47 Å². The second kappa shape index (κ2) is 9.23. The standard InChI is InChI=1S/C20H21ClO4/c1-3-4-11-24-16-8-6-15(7-9-16)20(23)25-19-10-5-14(2)12-17(19)18(22)13-21/h5-10,12H,3-4,11,13H2,1-2H3. The zero-order chi connectivity index (χ0) is 18.2. The number of hydrogen-bond acceptors (Lipinski definition) is 4. The molecule has 2 rings (SSSR count). The lowest BCUT2D eigenvalue weighted by Gasteiger charge is -2.10. The summed E-state index contributed by atoms with van der Waals surface area (Å²) < 4.78 is 11.0. The number of carbonyl (C=O) groups is 2. The second-order valence-electron chi connectivity index (χ2n) is 5.67. The van der Waals surface area contributed by atoms with Crippen molar-refractivity contribution in [3.8, 4) is 11.5 Å². The lowest BCUT2D eigenvalue weighted by atomic mass is 10.1. The SMILES string of the molecule is CCCCOc1ccc(C(=O)Oc2ccc(C)cc2C(=O)CCl)cc1. The van der Waals surface area contributed by atoms with E-state index in [9.17, 15) is 9.59 Å². The number of carbonyl (C=O) groups excluding carboxylic acids is 2. The van der Waals surface area contributed by atoms with Crippen LogP contribution < -0.4 is 9.47 Å². The molecule has 0 spiro atoms. The molecule has 0 bridgehead atoms. The third-order valence-corrected chi connectivity index (χ3v) is 3.86. The molecule has 4 nitrogen and oxygen atoms in total. The van der Waals surface area contributed by atoms with Crippen molar-refractivity contribution in [3.63, 3.8) is 0 Å². The Hall–Kier alpha value is -2.33. The topological polar surface area (TPSA) is 52.6 Å². The Kier molecular flexibility index (Phi) is 7.02. The van der Waals surface area contributed by atoms with Gasteiger partial charge in [-0.2, -0.15) is 0 Å². The monoisotopic (exact) mass is 360 g/mol. The van der Waals surface area contributed by atoms with Crippen LogP contribution in [0.25, 0.3) is 0 Å². The molecular formula is C20H21ClO4. The van der Waals surface area contributed by atoms with Crippen molar-refractivity contribution < 1.29 is 19.1 Å². The van der Waals surface area contributed by atoms with Gasteiger partial charge in [-0.1, -0.05) is 25.0 Å². The summed E-state index contributed by atoms with van der Waals surface area (Å²) in [6.45, 7) is 4.60. The van der Waals surface area contributed by atoms with Crippen LogP contribution in [-0.4, -0.2) is 24.2 Å². The maximum atomic E-state index is 12.3. The van der Waals surface area contributed by atoms with Crippen LogP contribution in [0.4, 0.5) is 0 Å². The summed E-state index contributed by atoms with van der Waals surface area (Å²) in [5, 5.41) is 0. The maximum absolute atomic E-state index is 12.3. The Morgan fingerprint density at radius 3 is 2.44 bits per heavy atom. The molecule has 0 heterocycles. The molecule has 25 heavy (non-hydrogen) atoms. The Labute approximate surface area is 152 Å². The number of unbranched alkanes of at least 4 members (excludes halogenated alkanes) is 1. The molecular weight excluding hydrogens is 340 g/mol. The molecule has 0 atom stereocenters. The van der Waals surface area contributed by atoms with Gasteiger partial charge in [-0.15, -0.1) is 11.6 Å². The predicted molar refractivity (Wildman–Crippen MR) is 98.0 cm³/mol. The van der Waals surface area contributed by atoms with Gasteiger partial charge in [0.25, 0.3) is 0 Å². The molecule has 0 radical (unpaired) electrons. The smallest absolute Gasteiger partial charge is 0.343 e. The van der Waals surface area contributed by atoms with Gasteiger partial charge in [-0.25, -0.2) is 4.79 Å². The molecule has 0 saturated heterocycles. The number of hydrogen-bond donors (Lipinski definition) is 0. The number of benzene rings is 2. The largest absolute Gasteiger partial charge is 0.494 e. The number of aryl methyl sites for hydroxylation is 1. The molecule has 0 unspecified atom stereocenters. The average Bonchev–Trinajstić information content (AvgIpc) is 2.63. The van der Waals surface area contributed by atoms with Crippen LogP contribution in [-0.2, 0) is 0 Å². The molecule has 0 aromatic heterocycles. The van der Waals surface area contributed by atoms with E-state index in [4.69, 9.17) is 21.1 Å². The quantitative estimate of drug-likeness (QED) is 0.223. The van der Waals surface area contributed by atoms with Crippen LogP contribution in [0, 0.1) is 6.92 Å². The number of esters is 1. The maximum Gasteiger partial charge on any atom is 0.343 e. The minimum Gasteiger partial charge on any atom is -0.494 e. The van der Waals surface area contributed by atoms with Gasteiger partial charge in [0.05, 0.1) is 23.6 Å². The van der Waals surface area contributed by atoms with E-state index in [-0.39, 0.29) is 17.4 Å². The zero-order valence-electron chi connectivity index (χ0n) is 14.4. The van der Waals surface area contributed by atoms with Gasteiger partial charge in [0.15, 0.2) is 5.78 Å². The van der Waals surface area contributed by atoms with E-state index in [1.54, 1.807) is 42.5 Å². The highest BCUT2D eigenvalue weighted by molar-refractivity contribution is 6.30. The van der Waals surface area contributed by atoms with Crippen LogP contribution in [0.2, 0.25) is 0 Å². The second-order valence-corrected chi connectivity index (χ2v) is 5.94. The van der Waals surface area contributed by atoms with Gasteiger partial charge in [0.2, 0.25) is 0 Å². The van der Waals surface area contributed by atoms with E-state index in [0.29, 0.717) is 23.5 Å². The van der Waals surface area contributed by atoms with E-state index in [0.717, 1.165) is 18.4 Å². The van der Waals surface area contributed by atoms with Crippen molar-refractivity contribution in [3.05, 3.63) is 59.2 Å². The first-order valence-electron chi connectivity index (χ1n) is 8.20. The fourth-order valence-corrected chi connectivity index (χ4v) is 2.35. The van der Waals surface area contributed by atoms with E-state index in [2.05, 4.69) is 6.92 Å². The molecule has 0 aliphatic heterocycles. The summed E-state index contributed by atoms with van der Waals surface area (Å²) in [5.74, 6) is -0.0686. The van der Waals surface area contributed by atoms with Crippen molar-refractivity contribution in [2.75, 3.05) is 12.5 Å². The van der Waals surface area contributed by atoms with E-state index >= 15 is 0 Å². The van der Waals surface area contributed by atoms with Crippen LogP contribution in [0.1, 0.15) is 46.0 Å². The normalized spacial score (nSPS) is 10.4. The van der Waals surface area contributed by atoms with Crippen LogP contribution in [0.5, 0.6) is 11.5 Å². The Bertz CT molecular complexity index is 738. The van der Waals surface area contributed by atoms with E-state index < -0.39 is 5.97 Å². The number of rotatable bonds is 8. The zero-order valence-corrected chi connectivity index (χ0v) is 15.1. The lowest BCUT2D eigenvalue weighted by Crippen LogP contribution is -2.12. The minimum absolute atomic E-state index is 0.169. The Morgan fingerprint density at radius 2 is 1.80 bits per heavy atom. The first kappa shape index (κ1) is 19.0. The van der Waals surface area contributed by atoms with Crippen LogP contribution in [0.15, 0.2) is 42.5 Å². The molecule has 0 fully saturated rings. The van der Waals surface area contributed by atoms with Crippen molar-refractivity contribution in [2.24, 2.45) is 0 Å². The minimum atomic E-state index is -0.535. The number of halogens is 1. The van der Waals surface area contributed by atoms with Crippen molar-refractivity contribution in [1.29, 1.82) is 0 Å². The first-order valence-corrected chi connectivity index (χ1v) is 8.73. The summed E-state index contributed by atoms with van der Waals surface area (Å²) in [4.78, 5) is 24.3. The first-order chi connectivity index (χ1) is 12.0.